The first kappa shape index (κ1) is 11.7. The van der Waals surface area contributed by atoms with Crippen LogP contribution in [0, 0.1) is 0 Å². The molecule has 0 amide bonds. The van der Waals surface area contributed by atoms with Gasteiger partial charge in [-0.2, -0.15) is 9.97 Å². The number of hydrogen-bond acceptors (Lipinski definition) is 5. The molecule has 5 nitrogen and oxygen atoms in total. The van der Waals surface area contributed by atoms with E-state index in [1.54, 1.807) is 6.07 Å². The van der Waals surface area contributed by atoms with Crippen molar-refractivity contribution in [2.24, 2.45) is 0 Å². The van der Waals surface area contributed by atoms with Crippen LogP contribution < -0.4 is 15.2 Å². The lowest BCUT2D eigenvalue weighted by molar-refractivity contribution is 0.389. The predicted octanol–water partition coefficient (Wildman–Crippen LogP) is 2.62. The molecule has 0 saturated heterocycles. The van der Waals surface area contributed by atoms with Gasteiger partial charge in [-0.05, 0) is 28.1 Å². The lowest BCUT2D eigenvalue weighted by atomic mass is 10.3. The highest BCUT2D eigenvalue weighted by Crippen LogP contribution is 2.29. The lowest BCUT2D eigenvalue weighted by Crippen LogP contribution is -1.99. The molecule has 1 heterocycles. The number of aromatic nitrogens is 2. The molecule has 0 bridgehead atoms. The molecule has 0 aliphatic heterocycles. The molecule has 2 N–H and O–H groups in total. The van der Waals surface area contributed by atoms with E-state index < -0.39 is 0 Å². The summed E-state index contributed by atoms with van der Waals surface area (Å²) in [6.45, 7) is 0. The predicted molar refractivity (Wildman–Crippen MR) is 67.2 cm³/mol. The summed E-state index contributed by atoms with van der Waals surface area (Å²) in [5, 5.41) is 0. The van der Waals surface area contributed by atoms with Crippen LogP contribution in [-0.4, -0.2) is 17.1 Å². The Morgan fingerprint density at radius 1 is 1.18 bits per heavy atom. The fourth-order valence-electron chi connectivity index (χ4n) is 1.22. The van der Waals surface area contributed by atoms with Gasteiger partial charge in [-0.25, -0.2) is 0 Å². The maximum Gasteiger partial charge on any atom is 0.227 e. The number of ether oxygens (including phenoxy) is 2. The fourth-order valence-corrected chi connectivity index (χ4v) is 1.58. The SMILES string of the molecule is COc1cc(Oc2ccccc2Br)nc(N)n1. The quantitative estimate of drug-likeness (QED) is 0.942. The highest BCUT2D eigenvalue weighted by atomic mass is 79.9. The fraction of sp³-hybridized carbons (Fsp3) is 0.0909. The maximum atomic E-state index is 5.57. The second kappa shape index (κ2) is 5.01. The molecule has 0 radical (unpaired) electrons. The van der Waals surface area contributed by atoms with Gasteiger partial charge >= 0.3 is 0 Å². The van der Waals surface area contributed by atoms with Gasteiger partial charge in [0, 0.05) is 0 Å². The van der Waals surface area contributed by atoms with Gasteiger partial charge < -0.3 is 15.2 Å². The van der Waals surface area contributed by atoms with Gasteiger partial charge in [0.15, 0.2) is 0 Å². The molecule has 0 fully saturated rings. The molecule has 2 aromatic rings. The zero-order chi connectivity index (χ0) is 12.3. The summed E-state index contributed by atoms with van der Waals surface area (Å²) in [5.41, 5.74) is 5.53. The van der Waals surface area contributed by atoms with Gasteiger partial charge in [-0.1, -0.05) is 12.1 Å². The summed E-state index contributed by atoms with van der Waals surface area (Å²) in [6, 6.07) is 9.01. The molecule has 88 valence electrons. The van der Waals surface area contributed by atoms with Crippen LogP contribution in [0.5, 0.6) is 17.5 Å². The van der Waals surface area contributed by atoms with Gasteiger partial charge in [-0.3, -0.25) is 0 Å². The van der Waals surface area contributed by atoms with Gasteiger partial charge in [0.1, 0.15) is 5.75 Å². The molecule has 0 aliphatic carbocycles. The topological polar surface area (TPSA) is 70.3 Å². The van der Waals surface area contributed by atoms with Crippen LogP contribution in [0.25, 0.3) is 0 Å². The number of methoxy groups -OCH3 is 1. The summed E-state index contributed by atoms with van der Waals surface area (Å²) in [6.07, 6.45) is 0. The molecule has 1 aromatic carbocycles. The molecule has 0 spiro atoms. The van der Waals surface area contributed by atoms with E-state index in [0.29, 0.717) is 17.5 Å². The number of nitrogens with two attached hydrogens (primary N) is 1. The van der Waals surface area contributed by atoms with Gasteiger partial charge in [0.2, 0.25) is 17.7 Å². The van der Waals surface area contributed by atoms with Crippen molar-refractivity contribution in [3.8, 4) is 17.5 Å². The third-order valence-corrected chi connectivity index (χ3v) is 2.61. The summed E-state index contributed by atoms with van der Waals surface area (Å²) in [4.78, 5) is 7.83. The highest BCUT2D eigenvalue weighted by molar-refractivity contribution is 9.10. The van der Waals surface area contributed by atoms with Crippen molar-refractivity contribution in [2.45, 2.75) is 0 Å². The van der Waals surface area contributed by atoms with Crippen LogP contribution in [0.3, 0.4) is 0 Å². The molecule has 17 heavy (non-hydrogen) atoms. The number of para-hydroxylation sites is 1. The number of hydrogen-bond donors (Lipinski definition) is 1. The van der Waals surface area contributed by atoms with E-state index in [4.69, 9.17) is 15.2 Å². The third-order valence-electron chi connectivity index (χ3n) is 1.96. The largest absolute Gasteiger partial charge is 0.481 e. The summed E-state index contributed by atoms with van der Waals surface area (Å²) < 4.78 is 11.4. The van der Waals surface area contributed by atoms with Crippen molar-refractivity contribution in [3.05, 3.63) is 34.8 Å². The molecule has 1 aromatic heterocycles. The molecule has 0 saturated carbocycles. The Bertz CT molecular complexity index is 534. The van der Waals surface area contributed by atoms with Crippen molar-refractivity contribution in [2.75, 3.05) is 12.8 Å². The first-order valence-electron chi connectivity index (χ1n) is 4.80. The standard InChI is InChI=1S/C11H10BrN3O2/c1-16-9-6-10(15-11(13)14-9)17-8-5-3-2-4-7(8)12/h2-6H,1H3,(H2,13,14,15). The first-order valence-corrected chi connectivity index (χ1v) is 5.59. The van der Waals surface area contributed by atoms with Crippen LogP contribution in [0.1, 0.15) is 0 Å². The highest BCUT2D eigenvalue weighted by Gasteiger charge is 2.06. The van der Waals surface area contributed by atoms with Crippen molar-refractivity contribution in [3.63, 3.8) is 0 Å². The normalized spacial score (nSPS) is 10.0. The van der Waals surface area contributed by atoms with E-state index >= 15 is 0 Å². The molecular formula is C11H10BrN3O2. The number of rotatable bonds is 3. The maximum absolute atomic E-state index is 5.57. The number of benzene rings is 1. The molecule has 2 rings (SSSR count). The molecule has 0 unspecified atom stereocenters. The first-order chi connectivity index (χ1) is 8.19. The number of nitrogens with zero attached hydrogens (tertiary/aromatic N) is 2. The van der Waals surface area contributed by atoms with Gasteiger partial charge in [0.05, 0.1) is 17.6 Å². The minimum atomic E-state index is 0.103. The average Bonchev–Trinajstić information content (AvgIpc) is 2.31. The van der Waals surface area contributed by atoms with E-state index in [2.05, 4.69) is 25.9 Å². The van der Waals surface area contributed by atoms with E-state index in [9.17, 15) is 0 Å². The molecule has 0 atom stereocenters. The molecule has 6 heteroatoms. The zero-order valence-corrected chi connectivity index (χ0v) is 10.6. The minimum absolute atomic E-state index is 0.103. The van der Waals surface area contributed by atoms with Crippen molar-refractivity contribution in [1.29, 1.82) is 0 Å². The van der Waals surface area contributed by atoms with E-state index in [1.807, 2.05) is 24.3 Å². The Hall–Kier alpha value is -1.82. The summed E-state index contributed by atoms with van der Waals surface area (Å²) in [7, 11) is 1.50. The van der Waals surface area contributed by atoms with Crippen molar-refractivity contribution in [1.82, 2.24) is 9.97 Å². The van der Waals surface area contributed by atoms with Crippen LogP contribution >= 0.6 is 15.9 Å². The Balaban J connectivity index is 2.30. The van der Waals surface area contributed by atoms with Crippen LogP contribution in [0.4, 0.5) is 5.95 Å². The number of halogens is 1. The van der Waals surface area contributed by atoms with Crippen LogP contribution in [0.15, 0.2) is 34.8 Å². The van der Waals surface area contributed by atoms with Gasteiger partial charge in [-0.15, -0.1) is 0 Å². The second-order valence-electron chi connectivity index (χ2n) is 3.14. The molecule has 0 aliphatic rings. The zero-order valence-electron chi connectivity index (χ0n) is 9.05. The average molecular weight is 296 g/mol. The van der Waals surface area contributed by atoms with E-state index in [0.717, 1.165) is 4.47 Å². The third kappa shape index (κ3) is 2.85. The van der Waals surface area contributed by atoms with Crippen molar-refractivity contribution < 1.29 is 9.47 Å². The monoisotopic (exact) mass is 295 g/mol. The Morgan fingerprint density at radius 3 is 2.59 bits per heavy atom. The number of anilines is 1. The molecular weight excluding hydrogens is 286 g/mol. The summed E-state index contributed by atoms with van der Waals surface area (Å²) in [5.74, 6) is 1.44. The Morgan fingerprint density at radius 2 is 1.88 bits per heavy atom. The van der Waals surface area contributed by atoms with E-state index in [1.165, 1.54) is 7.11 Å². The Labute approximate surface area is 107 Å². The Kier molecular flexibility index (Phi) is 3.43. The van der Waals surface area contributed by atoms with Crippen molar-refractivity contribution >= 4 is 21.9 Å². The summed E-state index contributed by atoms with van der Waals surface area (Å²) >= 11 is 3.38. The second-order valence-corrected chi connectivity index (χ2v) is 3.99. The van der Waals surface area contributed by atoms with Gasteiger partial charge in [0.25, 0.3) is 0 Å². The van der Waals surface area contributed by atoms with Crippen LogP contribution in [0.2, 0.25) is 0 Å². The van der Waals surface area contributed by atoms with E-state index in [-0.39, 0.29) is 5.95 Å². The number of nitrogen functional groups attached to an aromatic ring is 1. The van der Waals surface area contributed by atoms with Crippen LogP contribution in [-0.2, 0) is 0 Å². The lowest BCUT2D eigenvalue weighted by Gasteiger charge is -2.07. The minimum Gasteiger partial charge on any atom is -0.481 e. The smallest absolute Gasteiger partial charge is 0.227 e.